The van der Waals surface area contributed by atoms with Crippen LogP contribution in [0, 0.1) is 11.8 Å². The van der Waals surface area contributed by atoms with E-state index in [-0.39, 0.29) is 11.2 Å². The highest BCUT2D eigenvalue weighted by Crippen LogP contribution is 2.30. The third-order valence-electron chi connectivity index (χ3n) is 5.33. The van der Waals surface area contributed by atoms with E-state index < -0.39 is 9.84 Å². The molecule has 0 aromatic heterocycles. The van der Waals surface area contributed by atoms with Gasteiger partial charge in [0.2, 0.25) is 0 Å². The molecule has 5 heteroatoms. The molecule has 1 aliphatic heterocycles. The van der Waals surface area contributed by atoms with E-state index in [2.05, 4.69) is 13.8 Å². The minimum atomic E-state index is -3.25. The number of likely N-dealkylation sites (tertiary alicyclic amines) is 1. The van der Waals surface area contributed by atoms with Crippen molar-refractivity contribution in [1.82, 2.24) is 4.90 Å². The number of sulfone groups is 1. The normalized spacial score (nSPS) is 25.8. The van der Waals surface area contributed by atoms with Crippen LogP contribution in [0.4, 0.5) is 0 Å². The lowest BCUT2D eigenvalue weighted by molar-refractivity contribution is 0.0623. The minimum Gasteiger partial charge on any atom is -0.338 e. The van der Waals surface area contributed by atoms with Crippen LogP contribution in [0.2, 0.25) is 0 Å². The van der Waals surface area contributed by atoms with Gasteiger partial charge in [-0.2, -0.15) is 0 Å². The van der Waals surface area contributed by atoms with Crippen molar-refractivity contribution >= 4 is 15.7 Å². The third kappa shape index (κ3) is 3.51. The standard InChI is InChI=1S/C19H27NO3S/c1-14-11-15(2)13-20(12-14)19(21)16-7-9-18(10-8-16)24(22,23)17-5-3-4-6-17/h7-10,14-15,17H,3-6,11-13H2,1-2H3. The van der Waals surface area contributed by atoms with Gasteiger partial charge >= 0.3 is 0 Å². The molecule has 2 fully saturated rings. The van der Waals surface area contributed by atoms with Crippen molar-refractivity contribution in [3.8, 4) is 0 Å². The average molecular weight is 349 g/mol. The van der Waals surface area contributed by atoms with E-state index in [1.807, 2.05) is 4.90 Å². The summed E-state index contributed by atoms with van der Waals surface area (Å²) < 4.78 is 25.2. The highest BCUT2D eigenvalue weighted by atomic mass is 32.2. The summed E-state index contributed by atoms with van der Waals surface area (Å²) in [4.78, 5) is 14.9. The van der Waals surface area contributed by atoms with Gasteiger partial charge in [0, 0.05) is 18.7 Å². The van der Waals surface area contributed by atoms with E-state index in [0.29, 0.717) is 22.3 Å². The average Bonchev–Trinajstić information content (AvgIpc) is 3.08. The summed E-state index contributed by atoms with van der Waals surface area (Å²) in [5, 5.41) is -0.247. The number of nitrogens with zero attached hydrogens (tertiary/aromatic N) is 1. The molecule has 1 saturated heterocycles. The van der Waals surface area contributed by atoms with Gasteiger partial charge in [-0.05, 0) is 55.4 Å². The number of carbonyl (C=O) groups excluding carboxylic acids is 1. The highest BCUT2D eigenvalue weighted by molar-refractivity contribution is 7.92. The van der Waals surface area contributed by atoms with Gasteiger partial charge in [-0.15, -0.1) is 0 Å². The van der Waals surface area contributed by atoms with Gasteiger partial charge in [0.25, 0.3) is 5.91 Å². The van der Waals surface area contributed by atoms with Crippen LogP contribution in [0.25, 0.3) is 0 Å². The first-order valence-electron chi connectivity index (χ1n) is 9.01. The van der Waals surface area contributed by atoms with E-state index >= 15 is 0 Å². The van der Waals surface area contributed by atoms with Gasteiger partial charge in [0.05, 0.1) is 10.1 Å². The number of carbonyl (C=O) groups is 1. The Hall–Kier alpha value is -1.36. The molecule has 2 atom stereocenters. The van der Waals surface area contributed by atoms with Gasteiger partial charge in [0.1, 0.15) is 0 Å². The lowest BCUT2D eigenvalue weighted by atomic mass is 9.91. The van der Waals surface area contributed by atoms with Crippen molar-refractivity contribution in [3.05, 3.63) is 29.8 Å². The summed E-state index contributed by atoms with van der Waals surface area (Å²) in [6.45, 7) is 5.91. The molecule has 4 nitrogen and oxygen atoms in total. The Balaban J connectivity index is 1.75. The van der Waals surface area contributed by atoms with Crippen LogP contribution >= 0.6 is 0 Å². The molecule has 132 valence electrons. The Morgan fingerprint density at radius 1 is 1.00 bits per heavy atom. The summed E-state index contributed by atoms with van der Waals surface area (Å²) in [5.74, 6) is 1.04. The number of piperidine rings is 1. The van der Waals surface area contributed by atoms with Crippen LogP contribution in [0.3, 0.4) is 0 Å². The van der Waals surface area contributed by atoms with E-state index in [9.17, 15) is 13.2 Å². The fourth-order valence-corrected chi connectivity index (χ4v) is 6.04. The zero-order valence-electron chi connectivity index (χ0n) is 14.6. The molecule has 24 heavy (non-hydrogen) atoms. The molecular formula is C19H27NO3S. The molecule has 1 saturated carbocycles. The van der Waals surface area contributed by atoms with Gasteiger partial charge < -0.3 is 4.90 Å². The van der Waals surface area contributed by atoms with Crippen molar-refractivity contribution < 1.29 is 13.2 Å². The van der Waals surface area contributed by atoms with Crippen LogP contribution in [0.15, 0.2) is 29.2 Å². The van der Waals surface area contributed by atoms with E-state index in [4.69, 9.17) is 0 Å². The number of benzene rings is 1. The van der Waals surface area contributed by atoms with Crippen molar-refractivity contribution in [1.29, 1.82) is 0 Å². The number of rotatable bonds is 3. The maximum absolute atomic E-state index is 12.7. The topological polar surface area (TPSA) is 54.5 Å². The third-order valence-corrected chi connectivity index (χ3v) is 7.61. The van der Waals surface area contributed by atoms with Crippen molar-refractivity contribution in [2.75, 3.05) is 13.1 Å². The number of hydrogen-bond acceptors (Lipinski definition) is 3. The number of hydrogen-bond donors (Lipinski definition) is 0. The summed E-state index contributed by atoms with van der Waals surface area (Å²) in [6, 6.07) is 6.57. The second-order valence-electron chi connectivity index (χ2n) is 7.63. The Morgan fingerprint density at radius 3 is 2.08 bits per heavy atom. The number of amides is 1. The second kappa shape index (κ2) is 6.87. The molecule has 1 heterocycles. The fraction of sp³-hybridized carbons (Fsp3) is 0.632. The van der Waals surface area contributed by atoms with E-state index in [1.54, 1.807) is 24.3 Å². The minimum absolute atomic E-state index is 0.0122. The Morgan fingerprint density at radius 2 is 1.54 bits per heavy atom. The molecule has 2 aliphatic rings. The zero-order chi connectivity index (χ0) is 17.3. The molecule has 2 unspecified atom stereocenters. The maximum atomic E-state index is 12.7. The first kappa shape index (κ1) is 17.5. The highest BCUT2D eigenvalue weighted by Gasteiger charge is 2.31. The lowest BCUT2D eigenvalue weighted by Crippen LogP contribution is -2.42. The van der Waals surface area contributed by atoms with E-state index in [1.165, 1.54) is 0 Å². The van der Waals surface area contributed by atoms with Crippen molar-refractivity contribution in [2.24, 2.45) is 11.8 Å². The van der Waals surface area contributed by atoms with Crippen LogP contribution in [-0.4, -0.2) is 37.6 Å². The molecule has 0 N–H and O–H groups in total. The smallest absolute Gasteiger partial charge is 0.253 e. The monoisotopic (exact) mass is 349 g/mol. The zero-order valence-corrected chi connectivity index (χ0v) is 15.4. The SMILES string of the molecule is CC1CC(C)CN(C(=O)c2ccc(S(=O)(=O)C3CCCC3)cc2)C1. The Bertz CT molecular complexity index is 680. The van der Waals surface area contributed by atoms with Gasteiger partial charge in [-0.3, -0.25) is 4.79 Å². The molecule has 0 radical (unpaired) electrons. The quantitative estimate of drug-likeness (QED) is 0.839. The van der Waals surface area contributed by atoms with Crippen LogP contribution in [0.5, 0.6) is 0 Å². The lowest BCUT2D eigenvalue weighted by Gasteiger charge is -2.35. The largest absolute Gasteiger partial charge is 0.338 e. The predicted molar refractivity (Wildman–Crippen MR) is 94.7 cm³/mol. The fourth-order valence-electron chi connectivity index (χ4n) is 4.19. The van der Waals surface area contributed by atoms with Crippen LogP contribution in [-0.2, 0) is 9.84 Å². The predicted octanol–water partition coefficient (Wildman–Crippen LogP) is 3.52. The summed E-state index contributed by atoms with van der Waals surface area (Å²) in [5.41, 5.74) is 0.585. The second-order valence-corrected chi connectivity index (χ2v) is 9.86. The van der Waals surface area contributed by atoms with Gasteiger partial charge in [-0.1, -0.05) is 26.7 Å². The summed E-state index contributed by atoms with van der Waals surface area (Å²) in [6.07, 6.45) is 4.65. The van der Waals surface area contributed by atoms with Crippen molar-refractivity contribution in [3.63, 3.8) is 0 Å². The maximum Gasteiger partial charge on any atom is 0.253 e. The molecule has 1 aromatic rings. The molecule has 1 aromatic carbocycles. The van der Waals surface area contributed by atoms with Gasteiger partial charge in [0.15, 0.2) is 9.84 Å². The summed E-state index contributed by atoms with van der Waals surface area (Å²) in [7, 11) is -3.25. The first-order valence-corrected chi connectivity index (χ1v) is 10.6. The summed E-state index contributed by atoms with van der Waals surface area (Å²) >= 11 is 0. The Kier molecular flexibility index (Phi) is 5.00. The van der Waals surface area contributed by atoms with Crippen LogP contribution in [0.1, 0.15) is 56.3 Å². The van der Waals surface area contributed by atoms with Crippen LogP contribution < -0.4 is 0 Å². The molecule has 0 spiro atoms. The van der Waals surface area contributed by atoms with Crippen molar-refractivity contribution in [2.45, 2.75) is 56.1 Å². The first-order chi connectivity index (χ1) is 11.4. The molecule has 3 rings (SSSR count). The molecule has 1 aliphatic carbocycles. The van der Waals surface area contributed by atoms with Gasteiger partial charge in [-0.25, -0.2) is 8.42 Å². The molecule has 0 bridgehead atoms. The Labute approximate surface area is 145 Å². The van der Waals surface area contributed by atoms with E-state index in [0.717, 1.165) is 45.2 Å². The molecular weight excluding hydrogens is 322 g/mol. The molecule has 1 amide bonds.